The van der Waals surface area contributed by atoms with Gasteiger partial charge in [0.1, 0.15) is 11.5 Å². The van der Waals surface area contributed by atoms with Crippen LogP contribution in [0.25, 0.3) is 0 Å². The molecular weight excluding hydrogens is 346 g/mol. The number of hydrogen-bond donors (Lipinski definition) is 1. The second kappa shape index (κ2) is 6.50. The summed E-state index contributed by atoms with van der Waals surface area (Å²) >= 11 is 3.38. The highest BCUT2D eigenvalue weighted by Crippen LogP contribution is 2.28. The van der Waals surface area contributed by atoms with Crippen LogP contribution in [0.5, 0.6) is 11.5 Å². The average molecular weight is 362 g/mol. The molecule has 0 spiro atoms. The van der Waals surface area contributed by atoms with E-state index >= 15 is 0 Å². The highest BCUT2D eigenvalue weighted by atomic mass is 79.9. The minimum atomic E-state index is 0.0335. The summed E-state index contributed by atoms with van der Waals surface area (Å²) in [5, 5.41) is 9.17. The molecule has 4 nitrogen and oxygen atoms in total. The van der Waals surface area contributed by atoms with E-state index in [0.29, 0.717) is 13.0 Å². The van der Waals surface area contributed by atoms with Crippen molar-refractivity contribution in [2.45, 2.75) is 6.42 Å². The van der Waals surface area contributed by atoms with Crippen LogP contribution in [0, 0.1) is 5.92 Å². The molecule has 114 valence electrons. The first-order chi connectivity index (χ1) is 10.7. The Kier molecular flexibility index (Phi) is 4.45. The Morgan fingerprint density at radius 3 is 2.23 bits per heavy atom. The molecule has 1 amide bonds. The zero-order valence-electron chi connectivity index (χ0n) is 11.9. The Balaban J connectivity index is 1.70. The van der Waals surface area contributed by atoms with Crippen LogP contribution in [0.1, 0.15) is 6.42 Å². The van der Waals surface area contributed by atoms with E-state index in [2.05, 4.69) is 15.9 Å². The molecule has 1 N–H and O–H groups in total. The molecule has 0 aliphatic carbocycles. The highest BCUT2D eigenvalue weighted by Gasteiger charge is 2.29. The van der Waals surface area contributed by atoms with Gasteiger partial charge in [0.2, 0.25) is 5.91 Å². The van der Waals surface area contributed by atoms with Gasteiger partial charge in [-0.05, 0) is 48.5 Å². The number of hydrogen-bond acceptors (Lipinski definition) is 3. The summed E-state index contributed by atoms with van der Waals surface area (Å²) in [4.78, 5) is 13.6. The zero-order valence-corrected chi connectivity index (χ0v) is 13.5. The van der Waals surface area contributed by atoms with Gasteiger partial charge in [-0.15, -0.1) is 0 Å². The molecule has 1 atom stereocenters. The van der Waals surface area contributed by atoms with E-state index in [9.17, 15) is 9.90 Å². The lowest BCUT2D eigenvalue weighted by Crippen LogP contribution is -2.24. The predicted molar refractivity (Wildman–Crippen MR) is 88.2 cm³/mol. The molecule has 2 aromatic carbocycles. The normalized spacial score (nSPS) is 17.8. The average Bonchev–Trinajstić information content (AvgIpc) is 2.91. The Labute approximate surface area is 137 Å². The number of halogens is 1. The van der Waals surface area contributed by atoms with Crippen LogP contribution in [0.15, 0.2) is 53.0 Å². The van der Waals surface area contributed by atoms with Gasteiger partial charge in [0.05, 0.1) is 0 Å². The monoisotopic (exact) mass is 361 g/mol. The number of aliphatic hydroxyl groups is 1. The molecule has 22 heavy (non-hydrogen) atoms. The van der Waals surface area contributed by atoms with Crippen LogP contribution in [-0.2, 0) is 4.79 Å². The third-order valence-corrected chi connectivity index (χ3v) is 4.19. The molecule has 0 radical (unpaired) electrons. The number of amides is 1. The van der Waals surface area contributed by atoms with Crippen LogP contribution in [-0.4, -0.2) is 24.2 Å². The second-order valence-corrected chi connectivity index (χ2v) is 6.22. The fourth-order valence-electron chi connectivity index (χ4n) is 2.49. The van der Waals surface area contributed by atoms with Crippen LogP contribution < -0.4 is 9.64 Å². The second-order valence-electron chi connectivity index (χ2n) is 5.31. The number of aliphatic hydroxyl groups excluding tert-OH is 1. The van der Waals surface area contributed by atoms with Crippen LogP contribution >= 0.6 is 15.9 Å². The summed E-state index contributed by atoms with van der Waals surface area (Å²) in [7, 11) is 0. The number of carbonyl (C=O) groups excluding carboxylic acids is 1. The molecule has 1 saturated heterocycles. The Morgan fingerprint density at radius 1 is 1.09 bits per heavy atom. The van der Waals surface area contributed by atoms with E-state index in [1.165, 1.54) is 0 Å². The maximum atomic E-state index is 11.9. The van der Waals surface area contributed by atoms with E-state index in [-0.39, 0.29) is 18.4 Å². The van der Waals surface area contributed by atoms with Gasteiger partial charge < -0.3 is 14.7 Å². The molecule has 0 bridgehead atoms. The third kappa shape index (κ3) is 3.31. The van der Waals surface area contributed by atoms with Gasteiger partial charge in [-0.3, -0.25) is 4.79 Å². The fraction of sp³-hybridized carbons (Fsp3) is 0.235. The summed E-state index contributed by atoms with van der Waals surface area (Å²) in [6, 6.07) is 15.0. The maximum absolute atomic E-state index is 11.9. The predicted octanol–water partition coefficient (Wildman–Crippen LogP) is 3.59. The van der Waals surface area contributed by atoms with Gasteiger partial charge in [-0.1, -0.05) is 15.9 Å². The lowest BCUT2D eigenvalue weighted by atomic mass is 10.1. The molecular formula is C17H16BrNO3. The van der Waals surface area contributed by atoms with Crippen molar-refractivity contribution >= 4 is 27.5 Å². The Bertz CT molecular complexity index is 655. The first-order valence-electron chi connectivity index (χ1n) is 7.10. The quantitative estimate of drug-likeness (QED) is 0.905. The van der Waals surface area contributed by atoms with Crippen molar-refractivity contribution in [3.8, 4) is 11.5 Å². The molecule has 0 saturated carbocycles. The van der Waals surface area contributed by atoms with Crippen molar-refractivity contribution in [2.24, 2.45) is 5.92 Å². The molecule has 1 aliphatic heterocycles. The molecule has 3 rings (SSSR count). The fourth-order valence-corrected chi connectivity index (χ4v) is 2.75. The summed E-state index contributed by atoms with van der Waals surface area (Å²) in [6.45, 7) is 0.620. The van der Waals surface area contributed by atoms with E-state index < -0.39 is 0 Å². The van der Waals surface area contributed by atoms with Crippen molar-refractivity contribution in [2.75, 3.05) is 18.1 Å². The summed E-state index contributed by atoms with van der Waals surface area (Å²) in [6.07, 6.45) is 0.410. The van der Waals surface area contributed by atoms with Crippen molar-refractivity contribution < 1.29 is 14.6 Å². The van der Waals surface area contributed by atoms with Crippen LogP contribution in [0.2, 0.25) is 0 Å². The number of carbonyl (C=O) groups is 1. The van der Waals surface area contributed by atoms with Crippen molar-refractivity contribution in [3.63, 3.8) is 0 Å². The molecule has 1 aliphatic rings. The van der Waals surface area contributed by atoms with Gasteiger partial charge in [0, 0.05) is 35.7 Å². The van der Waals surface area contributed by atoms with Crippen LogP contribution in [0.3, 0.4) is 0 Å². The standard InChI is InChI=1S/C17H16BrNO3/c18-13-1-5-15(6-2-13)22-16-7-3-14(4-8-16)19-10-12(11-20)9-17(19)21/h1-8,12,20H,9-11H2. The molecule has 2 aromatic rings. The lowest BCUT2D eigenvalue weighted by molar-refractivity contribution is -0.117. The molecule has 1 unspecified atom stereocenters. The van der Waals surface area contributed by atoms with E-state index in [0.717, 1.165) is 21.7 Å². The smallest absolute Gasteiger partial charge is 0.227 e. The molecule has 1 fully saturated rings. The van der Waals surface area contributed by atoms with Gasteiger partial charge in [-0.2, -0.15) is 0 Å². The summed E-state index contributed by atoms with van der Waals surface area (Å²) in [5.41, 5.74) is 0.837. The SMILES string of the molecule is O=C1CC(CO)CN1c1ccc(Oc2ccc(Br)cc2)cc1. The minimum absolute atomic E-state index is 0.0335. The first-order valence-corrected chi connectivity index (χ1v) is 7.90. The van der Waals surface area contributed by atoms with E-state index in [1.54, 1.807) is 4.90 Å². The van der Waals surface area contributed by atoms with E-state index in [4.69, 9.17) is 4.74 Å². The number of rotatable bonds is 4. The molecule has 5 heteroatoms. The number of anilines is 1. The van der Waals surface area contributed by atoms with Gasteiger partial charge in [-0.25, -0.2) is 0 Å². The van der Waals surface area contributed by atoms with Crippen LogP contribution in [0.4, 0.5) is 5.69 Å². The summed E-state index contributed by atoms with van der Waals surface area (Å²) in [5.74, 6) is 1.57. The largest absolute Gasteiger partial charge is 0.457 e. The van der Waals surface area contributed by atoms with Crippen molar-refractivity contribution in [3.05, 3.63) is 53.0 Å². The maximum Gasteiger partial charge on any atom is 0.227 e. The Hall–Kier alpha value is -1.85. The van der Waals surface area contributed by atoms with Gasteiger partial charge in [0.25, 0.3) is 0 Å². The number of ether oxygens (including phenoxy) is 1. The topological polar surface area (TPSA) is 49.8 Å². The Morgan fingerprint density at radius 2 is 1.68 bits per heavy atom. The lowest BCUT2D eigenvalue weighted by Gasteiger charge is -2.17. The van der Waals surface area contributed by atoms with E-state index in [1.807, 2.05) is 48.5 Å². The number of benzene rings is 2. The van der Waals surface area contributed by atoms with Gasteiger partial charge >= 0.3 is 0 Å². The zero-order chi connectivity index (χ0) is 15.5. The number of nitrogens with zero attached hydrogens (tertiary/aromatic N) is 1. The molecule has 1 heterocycles. The van der Waals surface area contributed by atoms with Gasteiger partial charge in [0.15, 0.2) is 0 Å². The summed E-state index contributed by atoms with van der Waals surface area (Å²) < 4.78 is 6.76. The minimum Gasteiger partial charge on any atom is -0.457 e. The highest BCUT2D eigenvalue weighted by molar-refractivity contribution is 9.10. The molecule has 0 aromatic heterocycles. The van der Waals surface area contributed by atoms with Crippen molar-refractivity contribution in [1.29, 1.82) is 0 Å². The van der Waals surface area contributed by atoms with Crippen molar-refractivity contribution in [1.82, 2.24) is 0 Å². The third-order valence-electron chi connectivity index (χ3n) is 3.66. The first kappa shape index (κ1) is 15.1.